The van der Waals surface area contributed by atoms with Crippen LogP contribution in [-0.4, -0.2) is 54.2 Å². The summed E-state index contributed by atoms with van der Waals surface area (Å²) in [6.07, 6.45) is 6.50. The molecule has 0 aliphatic carbocycles. The molecule has 0 saturated heterocycles. The van der Waals surface area contributed by atoms with Crippen molar-refractivity contribution in [2.75, 3.05) is 37.3 Å². The maximum atomic E-state index is 13.1. The average molecular weight is 875 g/mol. The second-order valence-electron chi connectivity index (χ2n) is 16.1. The third-order valence-electron chi connectivity index (χ3n) is 11.4. The minimum absolute atomic E-state index is 0. The summed E-state index contributed by atoms with van der Waals surface area (Å²) >= 11 is 0. The molecule has 1 unspecified atom stereocenters. The number of hydrogen-bond donors (Lipinski definition) is 3. The number of anilines is 3. The zero-order valence-electron chi connectivity index (χ0n) is 35.4. The molecule has 3 N–H and O–H groups in total. The van der Waals surface area contributed by atoms with Crippen molar-refractivity contribution in [2.24, 2.45) is 0 Å². The van der Waals surface area contributed by atoms with Crippen LogP contribution < -0.4 is 16.0 Å². The van der Waals surface area contributed by atoms with E-state index in [-0.39, 0.29) is 41.5 Å². The molecule has 0 saturated carbocycles. The Balaban J connectivity index is 0.000000158. The molecule has 3 aromatic heterocycles. The Morgan fingerprint density at radius 1 is 0.469 bits per heavy atom. The lowest BCUT2D eigenvalue weighted by atomic mass is 9.89. The number of aromatic nitrogens is 3. The van der Waals surface area contributed by atoms with Gasteiger partial charge in [-0.1, -0.05) is 43.8 Å². The number of carbonyl (C=O) groups is 3. The Labute approximate surface area is 369 Å². The predicted octanol–water partition coefficient (Wildman–Crippen LogP) is 9.31. The number of halogens is 3. The zero-order chi connectivity index (χ0) is 45.1. The van der Waals surface area contributed by atoms with Gasteiger partial charge in [0.15, 0.2) is 0 Å². The number of hydrogen-bond acceptors (Lipinski definition) is 12. The normalized spacial score (nSPS) is 19.5. The van der Waals surface area contributed by atoms with E-state index in [0.717, 1.165) is 50.8 Å². The van der Waals surface area contributed by atoms with Crippen LogP contribution in [0.25, 0.3) is 0 Å². The highest BCUT2D eigenvalue weighted by Gasteiger charge is 2.37. The third-order valence-corrected chi connectivity index (χ3v) is 11.4. The molecule has 3 atom stereocenters. The van der Waals surface area contributed by atoms with Gasteiger partial charge in [-0.15, -0.1) is 0 Å². The topological polar surface area (TPSA) is 154 Å². The summed E-state index contributed by atoms with van der Waals surface area (Å²) in [5.41, 5.74) is 5.97. The van der Waals surface area contributed by atoms with Crippen LogP contribution in [0.1, 0.15) is 92.7 Å². The van der Waals surface area contributed by atoms with Crippen LogP contribution in [0, 0.1) is 17.5 Å². The van der Waals surface area contributed by atoms with Crippen LogP contribution in [0.5, 0.6) is 0 Å². The maximum Gasteiger partial charge on any atom is 0.339 e. The summed E-state index contributed by atoms with van der Waals surface area (Å²) in [4.78, 5) is 47.5. The first kappa shape index (κ1) is 46.2. The molecule has 6 aromatic rings. The Morgan fingerprint density at radius 3 is 0.922 bits per heavy atom. The minimum atomic E-state index is -0.402. The number of benzene rings is 3. The highest BCUT2D eigenvalue weighted by atomic mass is 19.1. The average Bonchev–Trinajstić information content (AvgIpc) is 3.95. The van der Waals surface area contributed by atoms with Gasteiger partial charge >= 0.3 is 17.9 Å². The first-order valence-electron chi connectivity index (χ1n) is 19.9. The van der Waals surface area contributed by atoms with E-state index in [1.807, 2.05) is 20.8 Å². The number of rotatable bonds is 6. The SMILES string of the molecule is C.COC(=O)c1cnc2c(c1)CC(C)(c1ccc(F)cc1)N2.COC(=O)c1cnc2c(c1)C[C@@](C)(c1ccc(F)cc1)N2.COC(=O)c1cnc2c(c1)C[C@](C)(c1ccc(F)cc1)N2. The fourth-order valence-electron chi connectivity index (χ4n) is 8.00. The van der Waals surface area contributed by atoms with Crippen molar-refractivity contribution in [3.8, 4) is 0 Å². The number of ether oxygens (including phenoxy) is 3. The summed E-state index contributed by atoms with van der Waals surface area (Å²) in [5, 5.41) is 10.0. The molecule has 6 heterocycles. The van der Waals surface area contributed by atoms with E-state index < -0.39 is 17.9 Å². The van der Waals surface area contributed by atoms with Crippen LogP contribution in [-0.2, 0) is 50.1 Å². The van der Waals surface area contributed by atoms with Crippen LogP contribution in [0.15, 0.2) is 110 Å². The van der Waals surface area contributed by atoms with E-state index in [0.29, 0.717) is 36.0 Å². The van der Waals surface area contributed by atoms with Gasteiger partial charge in [0.25, 0.3) is 0 Å². The summed E-state index contributed by atoms with van der Waals surface area (Å²) in [6, 6.07) is 24.6. The second-order valence-corrected chi connectivity index (χ2v) is 16.1. The monoisotopic (exact) mass is 874 g/mol. The summed E-state index contributed by atoms with van der Waals surface area (Å²) in [7, 11) is 4.03. The lowest BCUT2D eigenvalue weighted by Gasteiger charge is -2.25. The van der Waals surface area contributed by atoms with Gasteiger partial charge in [-0.05, 0) is 109 Å². The van der Waals surface area contributed by atoms with Gasteiger partial charge < -0.3 is 30.2 Å². The molecule has 0 fully saturated rings. The lowest BCUT2D eigenvalue weighted by Crippen LogP contribution is -2.29. The molecule has 0 spiro atoms. The molecular formula is C49H49F3N6O6. The molecule has 3 aliphatic rings. The number of carbonyl (C=O) groups excluding carboxylic acids is 3. The summed E-state index contributed by atoms with van der Waals surface area (Å²) in [5.74, 6) is 0.248. The van der Waals surface area contributed by atoms with Crippen molar-refractivity contribution >= 4 is 35.4 Å². The van der Waals surface area contributed by atoms with Crippen LogP contribution in [0.4, 0.5) is 30.6 Å². The van der Waals surface area contributed by atoms with E-state index in [1.54, 1.807) is 54.6 Å². The van der Waals surface area contributed by atoms with Gasteiger partial charge in [0.1, 0.15) is 34.9 Å². The largest absolute Gasteiger partial charge is 0.465 e. The summed E-state index contributed by atoms with van der Waals surface area (Å²) in [6.45, 7) is 6.08. The second kappa shape index (κ2) is 18.6. The fraction of sp³-hybridized carbons (Fsp3) is 0.265. The molecule has 15 heteroatoms. The smallest absolute Gasteiger partial charge is 0.339 e. The van der Waals surface area contributed by atoms with Crippen molar-refractivity contribution in [2.45, 2.75) is 64.1 Å². The summed E-state index contributed by atoms with van der Waals surface area (Å²) < 4.78 is 53.3. The molecule has 3 aliphatic heterocycles. The highest BCUT2D eigenvalue weighted by Crippen LogP contribution is 2.40. The standard InChI is InChI=1S/3C16H15FN2O2.CH4/c3*1-16(12-3-5-13(17)6-4-12)8-10-7-11(15(20)21-2)9-18-14(10)19-16;/h3*3-7,9H,8H2,1-2H3,(H,18,19);1H4/t2*16-;;/m10../s1. The molecule has 0 radical (unpaired) electrons. The van der Waals surface area contributed by atoms with Gasteiger partial charge in [0.05, 0.1) is 54.6 Å². The van der Waals surface area contributed by atoms with Crippen LogP contribution in [0.3, 0.4) is 0 Å². The van der Waals surface area contributed by atoms with Gasteiger partial charge in [0, 0.05) is 37.9 Å². The number of methoxy groups -OCH3 is 3. The van der Waals surface area contributed by atoms with E-state index in [4.69, 9.17) is 14.2 Å². The van der Waals surface area contributed by atoms with Gasteiger partial charge in [-0.3, -0.25) is 0 Å². The van der Waals surface area contributed by atoms with Crippen molar-refractivity contribution < 1.29 is 41.8 Å². The number of pyridine rings is 3. The Bertz CT molecular complexity index is 2390. The molecule has 64 heavy (non-hydrogen) atoms. The van der Waals surface area contributed by atoms with E-state index in [9.17, 15) is 27.6 Å². The zero-order valence-corrected chi connectivity index (χ0v) is 35.4. The number of nitrogens with zero attached hydrogens (tertiary/aromatic N) is 3. The van der Waals surface area contributed by atoms with Crippen LogP contribution >= 0.6 is 0 Å². The van der Waals surface area contributed by atoms with Gasteiger partial charge in [-0.25, -0.2) is 42.5 Å². The number of fused-ring (bicyclic) bond motifs is 3. The van der Waals surface area contributed by atoms with Crippen LogP contribution in [0.2, 0.25) is 0 Å². The molecule has 0 amide bonds. The lowest BCUT2D eigenvalue weighted by molar-refractivity contribution is 0.0591. The first-order chi connectivity index (χ1) is 30.0. The first-order valence-corrected chi connectivity index (χ1v) is 19.9. The molecule has 12 nitrogen and oxygen atoms in total. The molecular weight excluding hydrogens is 826 g/mol. The quantitative estimate of drug-likeness (QED) is 0.108. The maximum absolute atomic E-state index is 13.1. The molecule has 3 aromatic carbocycles. The number of nitrogens with one attached hydrogen (secondary N) is 3. The minimum Gasteiger partial charge on any atom is -0.465 e. The van der Waals surface area contributed by atoms with E-state index in [1.165, 1.54) is 76.3 Å². The Kier molecular flexibility index (Phi) is 13.4. The van der Waals surface area contributed by atoms with Crippen molar-refractivity contribution in [3.05, 3.63) is 177 Å². The third kappa shape index (κ3) is 9.68. The molecule has 9 rings (SSSR count). The fourth-order valence-corrected chi connectivity index (χ4v) is 8.00. The number of esters is 3. The predicted molar refractivity (Wildman–Crippen MR) is 237 cm³/mol. The van der Waals surface area contributed by atoms with Crippen molar-refractivity contribution in [1.82, 2.24) is 15.0 Å². The van der Waals surface area contributed by atoms with E-state index in [2.05, 4.69) is 30.9 Å². The van der Waals surface area contributed by atoms with Gasteiger partial charge in [-0.2, -0.15) is 0 Å². The highest BCUT2D eigenvalue weighted by molar-refractivity contribution is 5.91. The van der Waals surface area contributed by atoms with Crippen molar-refractivity contribution in [1.29, 1.82) is 0 Å². The molecule has 332 valence electrons. The van der Waals surface area contributed by atoms with Crippen molar-refractivity contribution in [3.63, 3.8) is 0 Å². The Hall–Kier alpha value is -7.29. The van der Waals surface area contributed by atoms with Gasteiger partial charge in [0.2, 0.25) is 0 Å². The molecule has 0 bridgehead atoms. The Morgan fingerprint density at radius 2 is 0.703 bits per heavy atom. The van der Waals surface area contributed by atoms with E-state index >= 15 is 0 Å².